The molecule has 0 radical (unpaired) electrons. The van der Waals surface area contributed by atoms with Crippen molar-refractivity contribution in [3.8, 4) is 5.75 Å². The number of benzene rings is 1. The summed E-state index contributed by atoms with van der Waals surface area (Å²) in [5, 5.41) is 38.5. The topological polar surface area (TPSA) is 170 Å². The lowest BCUT2D eigenvalue weighted by Gasteiger charge is -2.31. The Bertz CT molecular complexity index is 991. The molecule has 1 aromatic heterocycles. The van der Waals surface area contributed by atoms with Gasteiger partial charge in [-0.2, -0.15) is 0 Å². The van der Waals surface area contributed by atoms with Gasteiger partial charge >= 0.3 is 5.69 Å². The van der Waals surface area contributed by atoms with Crippen LogP contribution in [-0.4, -0.2) is 61.8 Å². The fraction of sp³-hybridized carbons (Fsp3) is 0.250. The average molecular weight is 417 g/mol. The van der Waals surface area contributed by atoms with Crippen LogP contribution in [0.5, 0.6) is 5.75 Å². The summed E-state index contributed by atoms with van der Waals surface area (Å²) in [5.41, 5.74) is -0.765. The van der Waals surface area contributed by atoms with Crippen LogP contribution in [0.4, 0.5) is 11.4 Å². The van der Waals surface area contributed by atoms with Crippen molar-refractivity contribution in [1.29, 1.82) is 0 Å². The largest absolute Gasteiger partial charge is 0.569 e. The minimum Gasteiger partial charge on any atom is -0.569 e. The fourth-order valence-electron chi connectivity index (χ4n) is 2.71. The number of nitro benzene ring substituents is 2. The highest BCUT2D eigenvalue weighted by Crippen LogP contribution is 2.31. The van der Waals surface area contributed by atoms with Crippen molar-refractivity contribution < 1.29 is 24.4 Å². The van der Waals surface area contributed by atoms with Gasteiger partial charge in [-0.1, -0.05) is 0 Å². The first-order chi connectivity index (χ1) is 14.4. The number of nitro groups is 2. The zero-order chi connectivity index (χ0) is 21.7. The highest BCUT2D eigenvalue weighted by Gasteiger charge is 2.27. The van der Waals surface area contributed by atoms with E-state index in [0.717, 1.165) is 12.1 Å². The van der Waals surface area contributed by atoms with Crippen LogP contribution in [-0.2, 0) is 0 Å². The van der Waals surface area contributed by atoms with E-state index in [1.807, 2.05) is 0 Å². The van der Waals surface area contributed by atoms with E-state index in [1.165, 1.54) is 11.2 Å². The monoisotopic (exact) mass is 417 g/mol. The van der Waals surface area contributed by atoms with Gasteiger partial charge < -0.3 is 10.1 Å². The van der Waals surface area contributed by atoms with Gasteiger partial charge in [0.2, 0.25) is 11.0 Å². The summed E-state index contributed by atoms with van der Waals surface area (Å²) in [4.78, 5) is 42.9. The van der Waals surface area contributed by atoms with Gasteiger partial charge in [-0.25, -0.2) is 0 Å². The van der Waals surface area contributed by atoms with Crippen molar-refractivity contribution >= 4 is 17.3 Å². The van der Waals surface area contributed by atoms with Crippen LogP contribution in [0.2, 0.25) is 0 Å². The Morgan fingerprint density at radius 3 is 2.40 bits per heavy atom. The van der Waals surface area contributed by atoms with Gasteiger partial charge in [-0.05, 0) is 18.2 Å². The molecule has 1 aliphatic heterocycles. The quantitative estimate of drug-likeness (QED) is 0.292. The van der Waals surface area contributed by atoms with Gasteiger partial charge in [-0.3, -0.25) is 34.8 Å². The Kier molecular flexibility index (Phi) is 5.95. The van der Waals surface area contributed by atoms with Crippen LogP contribution in [0.25, 0.3) is 0 Å². The summed E-state index contributed by atoms with van der Waals surface area (Å²) in [7, 11) is 0. The average Bonchev–Trinajstić information content (AvgIpc) is 2.77. The first-order valence-corrected chi connectivity index (χ1v) is 8.59. The van der Waals surface area contributed by atoms with Crippen LogP contribution in [0.3, 0.4) is 0 Å². The number of rotatable bonds is 6. The molecule has 3 rings (SSSR count). The maximum Gasteiger partial charge on any atom is 0.321 e. The Labute approximate surface area is 168 Å². The molecule has 1 aliphatic rings. The molecule has 0 aliphatic carbocycles. The van der Waals surface area contributed by atoms with Crippen molar-refractivity contribution in [2.24, 2.45) is 5.28 Å². The number of aromatic nitrogens is 1. The number of hydrazine groups is 1. The molecular formula is C16H15N7O7. The Morgan fingerprint density at radius 2 is 1.80 bits per heavy atom. The molecular weight excluding hydrogens is 402 g/mol. The molecule has 2 heterocycles. The van der Waals surface area contributed by atoms with Gasteiger partial charge in [0.25, 0.3) is 11.6 Å². The van der Waals surface area contributed by atoms with Gasteiger partial charge in [0.1, 0.15) is 0 Å². The lowest BCUT2D eigenvalue weighted by Crippen LogP contribution is -2.50. The van der Waals surface area contributed by atoms with E-state index < -0.39 is 27.0 Å². The van der Waals surface area contributed by atoms with E-state index in [-0.39, 0.29) is 37.1 Å². The minimum atomic E-state index is -0.879. The maximum atomic E-state index is 12.4. The number of hydrogen-bond acceptors (Lipinski definition) is 9. The normalized spacial score (nSPS) is 14.3. The third-order valence-corrected chi connectivity index (χ3v) is 4.25. The van der Waals surface area contributed by atoms with Gasteiger partial charge in [0.15, 0.2) is 0 Å². The number of non-ortho nitro benzene ring substituents is 1. The number of pyridine rings is 1. The molecule has 1 aromatic carbocycles. The lowest BCUT2D eigenvalue weighted by atomic mass is 10.2. The van der Waals surface area contributed by atoms with Crippen LogP contribution < -0.4 is 4.84 Å². The van der Waals surface area contributed by atoms with Crippen molar-refractivity contribution in [2.75, 3.05) is 26.2 Å². The minimum absolute atomic E-state index is 0.122. The molecule has 14 heteroatoms. The molecule has 0 unspecified atom stereocenters. The van der Waals surface area contributed by atoms with Gasteiger partial charge in [0.05, 0.1) is 39.5 Å². The van der Waals surface area contributed by atoms with Crippen molar-refractivity contribution in [3.05, 3.63) is 73.7 Å². The number of hydrogen-bond donors (Lipinski definition) is 0. The molecule has 156 valence electrons. The summed E-state index contributed by atoms with van der Waals surface area (Å²) in [6, 6.07) is 5.98. The van der Waals surface area contributed by atoms with E-state index in [1.54, 1.807) is 23.2 Å². The molecule has 0 spiro atoms. The highest BCUT2D eigenvalue weighted by atomic mass is 16.7. The molecule has 1 amide bonds. The molecule has 1 saturated heterocycles. The Hall–Kier alpha value is -4.36. The van der Waals surface area contributed by atoms with E-state index >= 15 is 0 Å². The number of carbonyl (C=O) groups is 1. The molecule has 2 aromatic rings. The van der Waals surface area contributed by atoms with Crippen molar-refractivity contribution in [3.63, 3.8) is 0 Å². The smallest absolute Gasteiger partial charge is 0.321 e. The van der Waals surface area contributed by atoms with Crippen molar-refractivity contribution in [2.45, 2.75) is 0 Å². The summed E-state index contributed by atoms with van der Waals surface area (Å²) in [6.07, 6.45) is 3.01. The molecule has 0 atom stereocenters. The van der Waals surface area contributed by atoms with Crippen LogP contribution in [0.1, 0.15) is 10.4 Å². The summed E-state index contributed by atoms with van der Waals surface area (Å²) in [5.74, 6) is -0.633. The number of amides is 1. The number of piperazine rings is 1. The standard InChI is InChI=1S/C16H15N7O7/c24-16(12-2-1-5-17-11-12)19-6-8-20(9-7-19)23(29)18-30-15-4-3-13(21(25)26)10-14(15)22(27)28/h1-5,10-11H,6-9H2/b23-18+. The first-order valence-electron chi connectivity index (χ1n) is 8.59. The predicted molar refractivity (Wildman–Crippen MR) is 98.1 cm³/mol. The summed E-state index contributed by atoms with van der Waals surface area (Å²) < 4.78 is 0. The zero-order valence-corrected chi connectivity index (χ0v) is 15.4. The molecule has 1 fully saturated rings. The third kappa shape index (κ3) is 4.54. The lowest BCUT2D eigenvalue weighted by molar-refractivity contribution is -0.708. The maximum absolute atomic E-state index is 12.4. The van der Waals surface area contributed by atoms with Crippen molar-refractivity contribution in [1.82, 2.24) is 14.9 Å². The van der Waals surface area contributed by atoms with Gasteiger partial charge in [0, 0.05) is 31.5 Å². The Morgan fingerprint density at radius 1 is 1.07 bits per heavy atom. The highest BCUT2D eigenvalue weighted by molar-refractivity contribution is 5.93. The summed E-state index contributed by atoms with van der Waals surface area (Å²) >= 11 is 0. The second kappa shape index (κ2) is 8.76. The van der Waals surface area contributed by atoms with Crippen LogP contribution >= 0.6 is 0 Å². The second-order valence-electron chi connectivity index (χ2n) is 6.08. The first kappa shape index (κ1) is 20.4. The third-order valence-electron chi connectivity index (χ3n) is 4.25. The van der Waals surface area contributed by atoms with Crippen LogP contribution in [0, 0.1) is 25.4 Å². The van der Waals surface area contributed by atoms with E-state index in [4.69, 9.17) is 4.84 Å². The van der Waals surface area contributed by atoms with E-state index in [0.29, 0.717) is 11.6 Å². The summed E-state index contributed by atoms with van der Waals surface area (Å²) in [6.45, 7) is 0.814. The fourth-order valence-corrected chi connectivity index (χ4v) is 2.71. The predicted octanol–water partition coefficient (Wildman–Crippen LogP) is 1.53. The number of nitrogens with zero attached hydrogens (tertiary/aromatic N) is 7. The number of carbonyl (C=O) groups excluding carboxylic acids is 1. The Balaban J connectivity index is 1.63. The SMILES string of the molecule is O=C(c1cccnc1)N1CCN(/[N+]([O-])=N\Oc2ccc([N+](=O)[O-])cc2[N+](=O)[O-])CC1. The molecule has 14 nitrogen and oxygen atoms in total. The van der Waals surface area contributed by atoms with E-state index in [2.05, 4.69) is 10.3 Å². The molecule has 0 bridgehead atoms. The molecule has 30 heavy (non-hydrogen) atoms. The van der Waals surface area contributed by atoms with Crippen LogP contribution in [0.15, 0.2) is 48.0 Å². The zero-order valence-electron chi connectivity index (χ0n) is 15.4. The second-order valence-corrected chi connectivity index (χ2v) is 6.08. The molecule has 0 N–H and O–H groups in total. The molecule has 0 saturated carbocycles. The van der Waals surface area contributed by atoms with Gasteiger partial charge in [-0.15, -0.1) is 5.01 Å². The van der Waals surface area contributed by atoms with E-state index in [9.17, 15) is 30.2 Å².